The zero-order chi connectivity index (χ0) is 18.7. The molecule has 2 rings (SSSR count). The van der Waals surface area contributed by atoms with Crippen molar-refractivity contribution in [3.63, 3.8) is 0 Å². The maximum Gasteiger partial charge on any atom is 0.130 e. The van der Waals surface area contributed by atoms with Gasteiger partial charge in [0.15, 0.2) is 0 Å². The Hall–Kier alpha value is -3.36. The monoisotopic (exact) mass is 348 g/mol. The molecule has 0 nitrogen and oxygen atoms in total. The van der Waals surface area contributed by atoms with Gasteiger partial charge in [-0.15, -0.1) is 5.54 Å². The van der Waals surface area contributed by atoms with Gasteiger partial charge in [0.05, 0.1) is 0 Å². The highest BCUT2D eigenvalue weighted by atomic mass is 28.3. The summed E-state index contributed by atoms with van der Waals surface area (Å²) in [6, 6.07) is 17.8. The SMILES string of the molecule is C[Si](C)(C)C#CC#C/C=C/c1ccccc1C#CC#Cc1ccccc1. The van der Waals surface area contributed by atoms with Crippen LogP contribution in [0.1, 0.15) is 16.7 Å². The van der Waals surface area contributed by atoms with E-state index >= 15 is 0 Å². The fourth-order valence-corrected chi connectivity index (χ4v) is 2.35. The fourth-order valence-electron chi connectivity index (χ4n) is 1.91. The van der Waals surface area contributed by atoms with E-state index in [0.29, 0.717) is 0 Å². The van der Waals surface area contributed by atoms with E-state index in [1.54, 1.807) is 0 Å². The minimum Gasteiger partial charge on any atom is -0.118 e. The molecule has 0 spiro atoms. The highest BCUT2D eigenvalue weighted by Gasteiger charge is 2.06. The first-order chi connectivity index (χ1) is 12.5. The van der Waals surface area contributed by atoms with E-state index in [9.17, 15) is 0 Å². The van der Waals surface area contributed by atoms with E-state index in [-0.39, 0.29) is 0 Å². The van der Waals surface area contributed by atoms with Crippen LogP contribution in [0.5, 0.6) is 0 Å². The van der Waals surface area contributed by atoms with E-state index in [1.807, 2.05) is 66.7 Å². The van der Waals surface area contributed by atoms with E-state index in [4.69, 9.17) is 0 Å². The van der Waals surface area contributed by atoms with Crippen LogP contribution in [0.25, 0.3) is 6.08 Å². The molecule has 0 fully saturated rings. The zero-order valence-electron chi connectivity index (χ0n) is 15.4. The summed E-state index contributed by atoms with van der Waals surface area (Å²) in [7, 11) is -1.35. The third-order valence-electron chi connectivity index (χ3n) is 3.12. The Morgan fingerprint density at radius 1 is 0.731 bits per heavy atom. The Morgan fingerprint density at radius 2 is 1.42 bits per heavy atom. The maximum absolute atomic E-state index is 3.22. The van der Waals surface area contributed by atoms with Gasteiger partial charge >= 0.3 is 0 Å². The van der Waals surface area contributed by atoms with E-state index < -0.39 is 8.07 Å². The topological polar surface area (TPSA) is 0 Å². The molecule has 0 saturated carbocycles. The van der Waals surface area contributed by atoms with Gasteiger partial charge < -0.3 is 0 Å². The van der Waals surface area contributed by atoms with Crippen molar-refractivity contribution in [1.29, 1.82) is 0 Å². The van der Waals surface area contributed by atoms with Crippen LogP contribution in [0.2, 0.25) is 19.6 Å². The molecule has 0 atom stereocenters. The third kappa shape index (κ3) is 7.47. The molecule has 0 unspecified atom stereocenters. The van der Waals surface area contributed by atoms with Crippen molar-refractivity contribution in [2.75, 3.05) is 0 Å². The van der Waals surface area contributed by atoms with Crippen LogP contribution in [-0.2, 0) is 0 Å². The van der Waals surface area contributed by atoms with Gasteiger partial charge in [0.25, 0.3) is 0 Å². The molecule has 26 heavy (non-hydrogen) atoms. The van der Waals surface area contributed by atoms with Crippen LogP contribution in [0.15, 0.2) is 60.7 Å². The second-order valence-corrected chi connectivity index (χ2v) is 11.3. The van der Waals surface area contributed by atoms with E-state index in [2.05, 4.69) is 66.6 Å². The number of hydrogen-bond acceptors (Lipinski definition) is 0. The lowest BCUT2D eigenvalue weighted by atomic mass is 10.1. The fraction of sp³-hybridized carbons (Fsp3) is 0.120. The molecule has 2 aromatic rings. The molecule has 0 amide bonds. The predicted octanol–water partition coefficient (Wildman–Crippen LogP) is 4.99. The van der Waals surface area contributed by atoms with Crippen molar-refractivity contribution < 1.29 is 0 Å². The summed E-state index contributed by atoms with van der Waals surface area (Å²) in [5.41, 5.74) is 6.14. The second-order valence-electron chi connectivity index (χ2n) is 6.56. The molecule has 124 valence electrons. The molecule has 0 aliphatic rings. The van der Waals surface area contributed by atoms with Crippen molar-refractivity contribution in [3.05, 3.63) is 77.4 Å². The molecule has 0 radical (unpaired) electrons. The molecular weight excluding hydrogens is 328 g/mol. The minimum absolute atomic E-state index is 0.932. The lowest BCUT2D eigenvalue weighted by molar-refractivity contribution is 1.60. The highest BCUT2D eigenvalue weighted by molar-refractivity contribution is 6.83. The van der Waals surface area contributed by atoms with Crippen LogP contribution in [0, 0.1) is 47.0 Å². The highest BCUT2D eigenvalue weighted by Crippen LogP contribution is 2.09. The average molecular weight is 349 g/mol. The van der Waals surface area contributed by atoms with Crippen molar-refractivity contribution >= 4 is 14.1 Å². The summed E-state index contributed by atoms with van der Waals surface area (Å²) in [4.78, 5) is 0. The second kappa shape index (κ2) is 9.82. The van der Waals surface area contributed by atoms with Gasteiger partial charge in [-0.25, -0.2) is 0 Å². The normalized spacial score (nSPS) is 9.50. The molecule has 0 aliphatic carbocycles. The van der Waals surface area contributed by atoms with Crippen LogP contribution in [-0.4, -0.2) is 8.07 Å². The van der Waals surface area contributed by atoms with Gasteiger partial charge in [-0.2, -0.15) is 0 Å². The van der Waals surface area contributed by atoms with Crippen LogP contribution < -0.4 is 0 Å². The molecule has 1 heteroatoms. The Morgan fingerprint density at radius 3 is 2.19 bits per heavy atom. The molecule has 0 saturated heterocycles. The first kappa shape index (κ1) is 19.0. The van der Waals surface area contributed by atoms with Crippen LogP contribution in [0.4, 0.5) is 0 Å². The molecular formula is C25H20Si. The van der Waals surface area contributed by atoms with Crippen molar-refractivity contribution in [2.24, 2.45) is 0 Å². The zero-order valence-corrected chi connectivity index (χ0v) is 16.4. The van der Waals surface area contributed by atoms with E-state index in [1.165, 1.54) is 0 Å². The van der Waals surface area contributed by atoms with Crippen LogP contribution in [0.3, 0.4) is 0 Å². The predicted molar refractivity (Wildman–Crippen MR) is 115 cm³/mol. The Labute approximate surface area is 158 Å². The van der Waals surface area contributed by atoms with Gasteiger partial charge in [-0.3, -0.25) is 0 Å². The van der Waals surface area contributed by atoms with Crippen molar-refractivity contribution in [2.45, 2.75) is 19.6 Å². The van der Waals surface area contributed by atoms with E-state index in [0.717, 1.165) is 16.7 Å². The molecule has 2 aromatic carbocycles. The summed E-state index contributed by atoms with van der Waals surface area (Å²) < 4.78 is 0. The number of hydrogen-bond donors (Lipinski definition) is 0. The lowest BCUT2D eigenvalue weighted by Gasteiger charge is -2.01. The number of benzene rings is 2. The van der Waals surface area contributed by atoms with Gasteiger partial charge in [0.1, 0.15) is 8.07 Å². The van der Waals surface area contributed by atoms with Gasteiger partial charge in [0, 0.05) is 11.1 Å². The summed E-state index contributed by atoms with van der Waals surface area (Å²) in [6.45, 7) is 6.60. The third-order valence-corrected chi connectivity index (χ3v) is 3.99. The molecule has 0 N–H and O–H groups in total. The smallest absolute Gasteiger partial charge is 0.118 e. The molecule has 0 aliphatic heterocycles. The van der Waals surface area contributed by atoms with Crippen molar-refractivity contribution in [1.82, 2.24) is 0 Å². The van der Waals surface area contributed by atoms with Crippen LogP contribution >= 0.6 is 0 Å². The molecule has 0 aromatic heterocycles. The number of allylic oxidation sites excluding steroid dienone is 1. The summed E-state index contributed by atoms with van der Waals surface area (Å²) in [6.07, 6.45) is 3.77. The maximum atomic E-state index is 3.22. The molecule has 0 bridgehead atoms. The number of rotatable bonds is 1. The first-order valence-electron chi connectivity index (χ1n) is 8.40. The van der Waals surface area contributed by atoms with Gasteiger partial charge in [0.2, 0.25) is 0 Å². The van der Waals surface area contributed by atoms with Gasteiger partial charge in [-0.05, 0) is 59.6 Å². The van der Waals surface area contributed by atoms with Crippen molar-refractivity contribution in [3.8, 4) is 47.0 Å². The summed E-state index contributed by atoms with van der Waals surface area (Å²) in [5, 5.41) is 0. The Kier molecular flexibility index (Phi) is 7.16. The Balaban J connectivity index is 2.10. The standard InChI is InChI=1S/C25H20Si/c1-26(2,3)22-14-5-4-9-18-24-20-12-13-21-25(24)19-11-10-17-23-15-7-6-8-16-23/h6-9,12-13,15-16,18,20-21H,1-3H3/b18-9+. The first-order valence-corrected chi connectivity index (χ1v) is 11.9. The molecule has 0 heterocycles. The summed E-state index contributed by atoms with van der Waals surface area (Å²) >= 11 is 0. The largest absolute Gasteiger partial charge is 0.130 e. The van der Waals surface area contributed by atoms with Gasteiger partial charge in [-0.1, -0.05) is 73.8 Å². The minimum atomic E-state index is -1.35. The summed E-state index contributed by atoms with van der Waals surface area (Å²) in [5.74, 6) is 20.7. The quantitative estimate of drug-likeness (QED) is 0.503. The average Bonchev–Trinajstić information content (AvgIpc) is 2.62. The lowest BCUT2D eigenvalue weighted by Crippen LogP contribution is -2.16. The Bertz CT molecular complexity index is 1020.